The number of hydrogen-bond donors (Lipinski definition) is 2. The van der Waals surface area contributed by atoms with Gasteiger partial charge in [0, 0.05) is 7.05 Å². The number of benzene rings is 1. The Kier molecular flexibility index (Phi) is 4.02. The van der Waals surface area contributed by atoms with Gasteiger partial charge in [0.05, 0.1) is 5.69 Å². The van der Waals surface area contributed by atoms with Gasteiger partial charge < -0.3 is 10.4 Å². The lowest BCUT2D eigenvalue weighted by Crippen LogP contribution is -1.91. The molecule has 2 N–H and O–H groups in total. The molecule has 0 aromatic heterocycles. The summed E-state index contributed by atoms with van der Waals surface area (Å²) < 4.78 is 0. The number of rotatable bonds is 2. The Bertz CT molecular complexity index is 475. The first-order valence-corrected chi connectivity index (χ1v) is 5.21. The molecular formula is C14H17NO. The molecule has 2 heteroatoms. The molecule has 0 saturated heterocycles. The predicted octanol–water partition coefficient (Wildman–Crippen LogP) is 3.17. The van der Waals surface area contributed by atoms with Crippen LogP contribution in [0.1, 0.15) is 25.0 Å². The lowest BCUT2D eigenvalue weighted by Gasteiger charge is -2.08. The van der Waals surface area contributed by atoms with Gasteiger partial charge in [0.15, 0.2) is 0 Å². The van der Waals surface area contributed by atoms with Gasteiger partial charge in [-0.05, 0) is 55.7 Å². The zero-order valence-electron chi connectivity index (χ0n) is 10.2. The summed E-state index contributed by atoms with van der Waals surface area (Å²) in [5, 5.41) is 12.7. The molecule has 0 aliphatic carbocycles. The largest absolute Gasteiger partial charge is 0.506 e. The number of nitrogens with one attached hydrogen (secondary N) is 1. The molecular weight excluding hydrogens is 198 g/mol. The average molecular weight is 215 g/mol. The molecule has 0 heterocycles. The van der Waals surface area contributed by atoms with Crippen LogP contribution in [-0.2, 0) is 0 Å². The Morgan fingerprint density at radius 2 is 2.12 bits per heavy atom. The minimum atomic E-state index is 0.305. The zero-order chi connectivity index (χ0) is 12.1. The summed E-state index contributed by atoms with van der Waals surface area (Å²) in [5.41, 5.74) is 3.65. The van der Waals surface area contributed by atoms with Crippen molar-refractivity contribution in [1.82, 2.24) is 0 Å². The molecule has 0 spiro atoms. The molecule has 1 rings (SSSR count). The molecule has 84 valence electrons. The highest BCUT2D eigenvalue weighted by atomic mass is 16.3. The van der Waals surface area contributed by atoms with E-state index in [2.05, 4.69) is 17.2 Å². The van der Waals surface area contributed by atoms with Crippen LogP contribution in [0, 0.1) is 18.8 Å². The van der Waals surface area contributed by atoms with Crippen molar-refractivity contribution in [1.29, 1.82) is 0 Å². The molecule has 0 saturated carbocycles. The van der Waals surface area contributed by atoms with E-state index in [1.807, 2.05) is 39.0 Å². The van der Waals surface area contributed by atoms with Crippen molar-refractivity contribution in [2.24, 2.45) is 0 Å². The van der Waals surface area contributed by atoms with Gasteiger partial charge in [0.25, 0.3) is 0 Å². The van der Waals surface area contributed by atoms with Crippen molar-refractivity contribution >= 4 is 11.8 Å². The molecule has 16 heavy (non-hydrogen) atoms. The van der Waals surface area contributed by atoms with E-state index in [1.54, 1.807) is 7.05 Å². The summed E-state index contributed by atoms with van der Waals surface area (Å²) in [5.74, 6) is 6.16. The molecule has 0 fully saturated rings. The normalized spacial score (nSPS) is 10.6. The summed E-state index contributed by atoms with van der Waals surface area (Å²) in [4.78, 5) is 0. The first-order chi connectivity index (χ1) is 7.58. The van der Waals surface area contributed by atoms with Crippen molar-refractivity contribution in [2.45, 2.75) is 20.8 Å². The minimum Gasteiger partial charge on any atom is -0.506 e. The number of anilines is 1. The van der Waals surface area contributed by atoms with Gasteiger partial charge in [0.2, 0.25) is 0 Å². The minimum absolute atomic E-state index is 0.305. The van der Waals surface area contributed by atoms with Crippen molar-refractivity contribution in [3.8, 4) is 17.6 Å². The lowest BCUT2D eigenvalue weighted by molar-refractivity contribution is 0.473. The van der Waals surface area contributed by atoms with Gasteiger partial charge in [-0.25, -0.2) is 0 Å². The molecule has 1 aromatic rings. The van der Waals surface area contributed by atoms with E-state index >= 15 is 0 Å². The summed E-state index contributed by atoms with van der Waals surface area (Å²) >= 11 is 0. The van der Waals surface area contributed by atoms with Crippen LogP contribution in [0.5, 0.6) is 5.75 Å². The maximum atomic E-state index is 9.75. The van der Waals surface area contributed by atoms with E-state index in [4.69, 9.17) is 0 Å². The smallest absolute Gasteiger partial charge is 0.141 e. The van der Waals surface area contributed by atoms with E-state index < -0.39 is 0 Å². The molecule has 0 atom stereocenters. The summed E-state index contributed by atoms with van der Waals surface area (Å²) in [6.45, 7) is 5.67. The highest BCUT2D eigenvalue weighted by molar-refractivity contribution is 5.68. The number of phenols is 1. The second-order valence-corrected chi connectivity index (χ2v) is 3.69. The van der Waals surface area contributed by atoms with Gasteiger partial charge in [0.1, 0.15) is 5.75 Å². The highest BCUT2D eigenvalue weighted by Gasteiger charge is 2.04. The number of aryl methyl sites for hydroxylation is 1. The third-order valence-corrected chi connectivity index (χ3v) is 2.30. The maximum absolute atomic E-state index is 9.75. The fourth-order valence-corrected chi connectivity index (χ4v) is 1.56. The zero-order valence-corrected chi connectivity index (χ0v) is 10.2. The van der Waals surface area contributed by atoms with Crippen molar-refractivity contribution in [3.05, 3.63) is 28.8 Å². The molecule has 0 radical (unpaired) electrons. The molecule has 0 amide bonds. The van der Waals surface area contributed by atoms with Crippen molar-refractivity contribution in [3.63, 3.8) is 0 Å². The number of phenolic OH excluding ortho intramolecular Hbond substituents is 1. The Labute approximate surface area is 97.0 Å². The topological polar surface area (TPSA) is 32.3 Å². The van der Waals surface area contributed by atoms with Gasteiger partial charge in [-0.3, -0.25) is 0 Å². The van der Waals surface area contributed by atoms with Crippen LogP contribution >= 0.6 is 0 Å². The van der Waals surface area contributed by atoms with E-state index in [9.17, 15) is 5.11 Å². The number of hydrogen-bond acceptors (Lipinski definition) is 2. The van der Waals surface area contributed by atoms with Crippen LogP contribution in [0.4, 0.5) is 5.69 Å². The van der Waals surface area contributed by atoms with Gasteiger partial charge >= 0.3 is 0 Å². The van der Waals surface area contributed by atoms with Gasteiger partial charge in [-0.15, -0.1) is 5.92 Å². The first kappa shape index (κ1) is 12.2. The lowest BCUT2D eigenvalue weighted by atomic mass is 10.1. The Morgan fingerprint density at radius 1 is 1.44 bits per heavy atom. The van der Waals surface area contributed by atoms with Crippen LogP contribution in [-0.4, -0.2) is 12.2 Å². The molecule has 0 aliphatic heterocycles. The maximum Gasteiger partial charge on any atom is 0.141 e. The molecule has 1 aromatic carbocycles. The van der Waals surface area contributed by atoms with Crippen molar-refractivity contribution < 1.29 is 5.11 Å². The SMILES string of the molecule is CC#C/C(C)=C\c1cc(C)c(O)c(NC)c1. The van der Waals surface area contributed by atoms with Crippen LogP contribution in [0.3, 0.4) is 0 Å². The summed E-state index contributed by atoms with van der Waals surface area (Å²) in [7, 11) is 1.79. The first-order valence-electron chi connectivity index (χ1n) is 5.21. The molecule has 2 nitrogen and oxygen atoms in total. The standard InChI is InChI=1S/C14H17NO/c1-5-6-10(2)7-12-8-11(3)14(16)13(9-12)15-4/h7-9,15-16H,1-4H3/b10-7-. The Hall–Kier alpha value is -1.88. The van der Waals surface area contributed by atoms with E-state index in [0.717, 1.165) is 22.4 Å². The fourth-order valence-electron chi connectivity index (χ4n) is 1.56. The highest BCUT2D eigenvalue weighted by Crippen LogP contribution is 2.29. The number of aromatic hydroxyl groups is 1. The second kappa shape index (κ2) is 5.27. The quantitative estimate of drug-likeness (QED) is 0.586. The number of allylic oxidation sites excluding steroid dienone is 1. The fraction of sp³-hybridized carbons (Fsp3) is 0.286. The second-order valence-electron chi connectivity index (χ2n) is 3.69. The molecule has 0 aliphatic rings. The van der Waals surface area contributed by atoms with Gasteiger partial charge in [-0.1, -0.05) is 5.92 Å². The van der Waals surface area contributed by atoms with Crippen LogP contribution in [0.2, 0.25) is 0 Å². The van der Waals surface area contributed by atoms with Crippen molar-refractivity contribution in [2.75, 3.05) is 12.4 Å². The monoisotopic (exact) mass is 215 g/mol. The Balaban J connectivity index is 3.20. The predicted molar refractivity (Wildman–Crippen MR) is 69.5 cm³/mol. The molecule has 0 unspecified atom stereocenters. The third-order valence-electron chi connectivity index (χ3n) is 2.30. The van der Waals surface area contributed by atoms with Crippen LogP contribution in [0.15, 0.2) is 17.7 Å². The average Bonchev–Trinajstić information content (AvgIpc) is 2.23. The summed E-state index contributed by atoms with van der Waals surface area (Å²) in [6, 6.07) is 3.85. The van der Waals surface area contributed by atoms with Crippen LogP contribution in [0.25, 0.3) is 6.08 Å². The van der Waals surface area contributed by atoms with E-state index in [0.29, 0.717) is 5.75 Å². The Morgan fingerprint density at radius 3 is 2.69 bits per heavy atom. The van der Waals surface area contributed by atoms with Crippen LogP contribution < -0.4 is 5.32 Å². The summed E-state index contributed by atoms with van der Waals surface area (Å²) in [6.07, 6.45) is 2.00. The molecule has 0 bridgehead atoms. The third kappa shape index (κ3) is 2.80. The van der Waals surface area contributed by atoms with Gasteiger partial charge in [-0.2, -0.15) is 0 Å². The van der Waals surface area contributed by atoms with E-state index in [1.165, 1.54) is 0 Å². The van der Waals surface area contributed by atoms with E-state index in [-0.39, 0.29) is 0 Å².